The first-order valence-corrected chi connectivity index (χ1v) is 11.3. The van der Waals surface area contributed by atoms with Crippen molar-refractivity contribution in [2.45, 2.75) is 25.9 Å². The van der Waals surface area contributed by atoms with Crippen LogP contribution in [-0.2, 0) is 16.0 Å². The van der Waals surface area contributed by atoms with E-state index in [9.17, 15) is 9.59 Å². The molecule has 0 saturated carbocycles. The summed E-state index contributed by atoms with van der Waals surface area (Å²) in [4.78, 5) is 32.0. The van der Waals surface area contributed by atoms with Gasteiger partial charge in [0, 0.05) is 31.9 Å². The average molecular weight is 444 g/mol. The number of carbonyl (C=O) groups is 2. The van der Waals surface area contributed by atoms with Crippen LogP contribution >= 0.6 is 0 Å². The number of amides is 2. The summed E-state index contributed by atoms with van der Waals surface area (Å²) in [6.45, 7) is 5.36. The second-order valence-electron chi connectivity index (χ2n) is 8.41. The third-order valence-corrected chi connectivity index (χ3v) is 5.93. The van der Waals surface area contributed by atoms with Crippen molar-refractivity contribution in [3.05, 3.63) is 89.7 Å². The lowest BCUT2D eigenvalue weighted by Crippen LogP contribution is -2.62. The Labute approximate surface area is 194 Å². The van der Waals surface area contributed by atoms with Gasteiger partial charge in [0.2, 0.25) is 0 Å². The molecule has 1 atom stereocenters. The summed E-state index contributed by atoms with van der Waals surface area (Å²) in [5.41, 5.74) is 3.83. The van der Waals surface area contributed by atoms with Crippen LogP contribution in [0.25, 0.3) is 11.1 Å². The number of rotatable bonds is 6. The van der Waals surface area contributed by atoms with Crippen molar-refractivity contribution in [1.29, 1.82) is 0 Å². The van der Waals surface area contributed by atoms with Gasteiger partial charge in [-0.1, -0.05) is 54.1 Å². The fraction of sp³-hybridized carbons (Fsp3) is 0.296. The van der Waals surface area contributed by atoms with Crippen LogP contribution in [0.4, 0.5) is 0 Å². The number of morpholine rings is 1. The van der Waals surface area contributed by atoms with Gasteiger partial charge in [-0.25, -0.2) is 0 Å². The van der Waals surface area contributed by atoms with Gasteiger partial charge in [0.15, 0.2) is 5.60 Å². The maximum Gasteiger partial charge on any atom is 0.255 e. The summed E-state index contributed by atoms with van der Waals surface area (Å²) < 4.78 is 6.11. The van der Waals surface area contributed by atoms with E-state index in [0.717, 1.165) is 16.7 Å². The summed E-state index contributed by atoms with van der Waals surface area (Å²) in [7, 11) is 0. The van der Waals surface area contributed by atoms with E-state index in [4.69, 9.17) is 4.74 Å². The Balaban J connectivity index is 1.58. The van der Waals surface area contributed by atoms with Crippen LogP contribution in [0.15, 0.2) is 73.1 Å². The van der Waals surface area contributed by atoms with E-state index >= 15 is 0 Å². The van der Waals surface area contributed by atoms with Gasteiger partial charge >= 0.3 is 0 Å². The van der Waals surface area contributed by atoms with E-state index in [1.807, 2.05) is 25.1 Å². The van der Waals surface area contributed by atoms with E-state index in [2.05, 4.69) is 47.6 Å². The fourth-order valence-electron chi connectivity index (χ4n) is 4.25. The highest BCUT2D eigenvalue weighted by atomic mass is 16.5. The van der Waals surface area contributed by atoms with Gasteiger partial charge in [-0.3, -0.25) is 14.6 Å². The third-order valence-electron chi connectivity index (χ3n) is 5.93. The average Bonchev–Trinajstić information content (AvgIpc) is 2.85. The number of likely N-dealkylation sites (N-methyl/N-ethyl adjacent to an activating group) is 1. The van der Waals surface area contributed by atoms with Crippen LogP contribution in [0.1, 0.15) is 28.4 Å². The largest absolute Gasteiger partial charge is 0.361 e. The van der Waals surface area contributed by atoms with Gasteiger partial charge < -0.3 is 15.0 Å². The van der Waals surface area contributed by atoms with E-state index in [1.54, 1.807) is 29.4 Å². The zero-order valence-electron chi connectivity index (χ0n) is 19.1. The van der Waals surface area contributed by atoms with Gasteiger partial charge in [-0.2, -0.15) is 0 Å². The molecule has 6 nitrogen and oxygen atoms in total. The Kier molecular flexibility index (Phi) is 6.84. The molecule has 2 heterocycles. The fourth-order valence-corrected chi connectivity index (χ4v) is 4.25. The van der Waals surface area contributed by atoms with Crippen molar-refractivity contribution in [1.82, 2.24) is 15.2 Å². The number of pyridine rings is 1. The highest BCUT2D eigenvalue weighted by Gasteiger charge is 2.45. The topological polar surface area (TPSA) is 71.5 Å². The second-order valence-corrected chi connectivity index (χ2v) is 8.41. The predicted octanol–water partition coefficient (Wildman–Crippen LogP) is 3.65. The van der Waals surface area contributed by atoms with Gasteiger partial charge in [-0.15, -0.1) is 0 Å². The first kappa shape index (κ1) is 22.7. The van der Waals surface area contributed by atoms with E-state index < -0.39 is 5.60 Å². The van der Waals surface area contributed by atoms with Crippen LogP contribution in [0.2, 0.25) is 0 Å². The lowest BCUT2D eigenvalue weighted by molar-refractivity contribution is -0.157. The summed E-state index contributed by atoms with van der Waals surface area (Å²) in [5.74, 6) is -0.341. The maximum absolute atomic E-state index is 13.2. The lowest BCUT2D eigenvalue weighted by atomic mass is 9.90. The normalized spacial score (nSPS) is 18.1. The van der Waals surface area contributed by atoms with Gasteiger partial charge in [0.25, 0.3) is 11.8 Å². The summed E-state index contributed by atoms with van der Waals surface area (Å²) in [5, 5.41) is 2.90. The van der Waals surface area contributed by atoms with Crippen LogP contribution in [0.5, 0.6) is 0 Å². The molecule has 0 aliphatic carbocycles. The van der Waals surface area contributed by atoms with Gasteiger partial charge in [0.05, 0.1) is 18.7 Å². The van der Waals surface area contributed by atoms with Crippen LogP contribution in [0.3, 0.4) is 0 Å². The Morgan fingerprint density at radius 2 is 1.91 bits per heavy atom. The smallest absolute Gasteiger partial charge is 0.255 e. The number of hydrogen-bond donors (Lipinski definition) is 1. The van der Waals surface area contributed by atoms with Crippen molar-refractivity contribution in [3.63, 3.8) is 0 Å². The number of nitrogens with zero attached hydrogens (tertiary/aromatic N) is 2. The standard InChI is InChI=1S/C27H29N3O3/c1-3-29-26(32)27(19-30(14-15-33-27)25(31)24-8-5-13-28-18-24)17-21-9-11-22(12-10-21)23-7-4-6-20(2)16-23/h4-13,16,18H,3,14-15,17,19H2,1-2H3,(H,29,32). The first-order valence-electron chi connectivity index (χ1n) is 11.3. The Morgan fingerprint density at radius 3 is 2.61 bits per heavy atom. The van der Waals surface area contributed by atoms with Crippen molar-refractivity contribution >= 4 is 11.8 Å². The number of aryl methyl sites for hydroxylation is 1. The maximum atomic E-state index is 13.2. The molecule has 1 aromatic heterocycles. The Morgan fingerprint density at radius 1 is 1.09 bits per heavy atom. The summed E-state index contributed by atoms with van der Waals surface area (Å²) in [6.07, 6.45) is 3.56. The summed E-state index contributed by atoms with van der Waals surface area (Å²) in [6, 6.07) is 20.0. The Bertz CT molecular complexity index is 1110. The van der Waals surface area contributed by atoms with E-state index in [-0.39, 0.29) is 18.4 Å². The molecule has 6 heteroatoms. The molecule has 4 rings (SSSR count). The summed E-state index contributed by atoms with van der Waals surface area (Å²) >= 11 is 0. The number of carbonyl (C=O) groups excluding carboxylic acids is 2. The quantitative estimate of drug-likeness (QED) is 0.631. The van der Waals surface area contributed by atoms with Crippen LogP contribution in [0, 0.1) is 6.92 Å². The second kappa shape index (κ2) is 9.96. The number of nitrogens with one attached hydrogen (secondary N) is 1. The molecule has 1 aliphatic heterocycles. The molecule has 1 N–H and O–H groups in total. The number of hydrogen-bond acceptors (Lipinski definition) is 4. The predicted molar refractivity (Wildman–Crippen MR) is 128 cm³/mol. The SMILES string of the molecule is CCNC(=O)C1(Cc2ccc(-c3cccc(C)c3)cc2)CN(C(=O)c2cccnc2)CCO1. The highest BCUT2D eigenvalue weighted by molar-refractivity contribution is 5.95. The molecule has 2 aromatic carbocycles. The van der Waals surface area contributed by atoms with Gasteiger partial charge in [-0.05, 0) is 42.7 Å². The first-order chi connectivity index (χ1) is 16.0. The minimum Gasteiger partial charge on any atom is -0.361 e. The van der Waals surface area contributed by atoms with E-state index in [0.29, 0.717) is 31.7 Å². The molecule has 0 radical (unpaired) electrons. The minimum atomic E-state index is -1.14. The van der Waals surface area contributed by atoms with E-state index in [1.165, 1.54) is 5.56 Å². The van der Waals surface area contributed by atoms with Crippen molar-refractivity contribution in [2.24, 2.45) is 0 Å². The zero-order valence-corrected chi connectivity index (χ0v) is 19.1. The third kappa shape index (κ3) is 5.12. The van der Waals surface area contributed by atoms with Gasteiger partial charge in [0.1, 0.15) is 0 Å². The molecule has 1 saturated heterocycles. The molecule has 33 heavy (non-hydrogen) atoms. The molecule has 2 amide bonds. The molecule has 0 spiro atoms. The minimum absolute atomic E-state index is 0.144. The number of benzene rings is 2. The van der Waals surface area contributed by atoms with Crippen molar-refractivity contribution in [2.75, 3.05) is 26.2 Å². The molecule has 1 fully saturated rings. The van der Waals surface area contributed by atoms with Crippen LogP contribution < -0.4 is 5.32 Å². The molecular formula is C27H29N3O3. The van der Waals surface area contributed by atoms with Crippen LogP contribution in [-0.4, -0.2) is 53.5 Å². The molecular weight excluding hydrogens is 414 g/mol. The highest BCUT2D eigenvalue weighted by Crippen LogP contribution is 2.27. The monoisotopic (exact) mass is 443 g/mol. The molecule has 0 bridgehead atoms. The Hall–Kier alpha value is -3.51. The lowest BCUT2D eigenvalue weighted by Gasteiger charge is -2.41. The van der Waals surface area contributed by atoms with Crippen molar-refractivity contribution < 1.29 is 14.3 Å². The zero-order chi connectivity index (χ0) is 23.3. The molecule has 1 unspecified atom stereocenters. The molecule has 170 valence electrons. The number of ether oxygens (including phenoxy) is 1. The molecule has 1 aliphatic rings. The number of aromatic nitrogens is 1. The molecule has 3 aromatic rings. The van der Waals surface area contributed by atoms with Crippen molar-refractivity contribution in [3.8, 4) is 11.1 Å².